The van der Waals surface area contributed by atoms with Gasteiger partial charge in [0, 0.05) is 69.5 Å². The zero-order chi connectivity index (χ0) is 20.9. The van der Waals surface area contributed by atoms with Crippen molar-refractivity contribution < 1.29 is 14.4 Å². The van der Waals surface area contributed by atoms with E-state index in [-0.39, 0.29) is 17.9 Å². The van der Waals surface area contributed by atoms with Gasteiger partial charge in [0.1, 0.15) is 6.29 Å². The van der Waals surface area contributed by atoms with Crippen molar-refractivity contribution in [2.24, 2.45) is 5.92 Å². The normalized spacial score (nSPS) is 20.9. The summed E-state index contributed by atoms with van der Waals surface area (Å²) >= 11 is 0. The van der Waals surface area contributed by atoms with E-state index in [1.807, 2.05) is 39.0 Å². The Hall–Kier alpha value is -2.57. The van der Waals surface area contributed by atoms with Crippen LogP contribution >= 0.6 is 0 Å². The molecule has 0 N–H and O–H groups in total. The first-order valence-corrected chi connectivity index (χ1v) is 11.3. The lowest BCUT2D eigenvalue weighted by Crippen LogP contribution is -2.56. The minimum absolute atomic E-state index is 0.0693. The Balaban J connectivity index is 1.24. The molecule has 3 aliphatic rings. The first kappa shape index (κ1) is 20.7. The number of piperidine rings is 2. The lowest BCUT2D eigenvalue weighted by Gasteiger charge is -2.40. The fourth-order valence-electron chi connectivity index (χ4n) is 4.81. The number of piperazine rings is 1. The zero-order valence-corrected chi connectivity index (χ0v) is 17.7. The number of carbonyl (C=O) groups excluding carboxylic acids is 3. The van der Waals surface area contributed by atoms with Crippen LogP contribution in [-0.2, 0) is 4.79 Å². The van der Waals surface area contributed by atoms with Gasteiger partial charge in [0.15, 0.2) is 0 Å². The van der Waals surface area contributed by atoms with Gasteiger partial charge in [-0.05, 0) is 56.4 Å². The third-order valence-electron chi connectivity index (χ3n) is 6.73. The van der Waals surface area contributed by atoms with Crippen LogP contribution in [0, 0.1) is 5.92 Å². The van der Waals surface area contributed by atoms with Crippen molar-refractivity contribution in [2.75, 3.05) is 57.3 Å². The summed E-state index contributed by atoms with van der Waals surface area (Å²) in [6.07, 6.45) is 5.97. The van der Waals surface area contributed by atoms with E-state index in [2.05, 4.69) is 4.90 Å². The number of aldehydes is 1. The van der Waals surface area contributed by atoms with E-state index in [0.29, 0.717) is 31.7 Å². The van der Waals surface area contributed by atoms with Crippen molar-refractivity contribution in [3.8, 4) is 0 Å². The Bertz CT molecular complexity index is 744. The highest BCUT2D eigenvalue weighted by Gasteiger charge is 2.32. The van der Waals surface area contributed by atoms with Gasteiger partial charge in [-0.15, -0.1) is 0 Å². The maximum atomic E-state index is 13.0. The molecular formula is C23H32N4O3. The van der Waals surface area contributed by atoms with Gasteiger partial charge in [-0.3, -0.25) is 9.59 Å². The molecule has 1 aromatic carbocycles. The first-order valence-electron chi connectivity index (χ1n) is 11.3. The smallest absolute Gasteiger partial charge is 0.320 e. The van der Waals surface area contributed by atoms with Crippen molar-refractivity contribution in [2.45, 2.75) is 32.1 Å². The molecule has 30 heavy (non-hydrogen) atoms. The summed E-state index contributed by atoms with van der Waals surface area (Å²) < 4.78 is 0. The van der Waals surface area contributed by atoms with Gasteiger partial charge in [0.05, 0.1) is 0 Å². The van der Waals surface area contributed by atoms with Gasteiger partial charge in [0.25, 0.3) is 0 Å². The molecule has 0 saturated carbocycles. The average Bonchev–Trinajstić information content (AvgIpc) is 2.84. The van der Waals surface area contributed by atoms with Gasteiger partial charge in [-0.1, -0.05) is 0 Å². The summed E-state index contributed by atoms with van der Waals surface area (Å²) in [5.74, 6) is 0.316. The van der Waals surface area contributed by atoms with Crippen LogP contribution in [0.15, 0.2) is 24.3 Å². The molecule has 3 heterocycles. The maximum absolute atomic E-state index is 13.0. The summed E-state index contributed by atoms with van der Waals surface area (Å²) in [5.41, 5.74) is 1.79. The van der Waals surface area contributed by atoms with Crippen molar-refractivity contribution in [1.82, 2.24) is 14.7 Å². The standard InChI is InChI=1S/C23H32N4O3/c28-18-19-4-6-21(7-5-19)24-12-8-20(9-13-24)22(29)25-14-16-27(17-15-25)23(30)26-10-2-1-3-11-26/h4-7,18,20H,1-3,8-17H2. The minimum Gasteiger partial charge on any atom is -0.371 e. The molecule has 3 fully saturated rings. The van der Waals surface area contributed by atoms with Crippen LogP contribution in [0.3, 0.4) is 0 Å². The van der Waals surface area contributed by atoms with Crippen LogP contribution in [0.2, 0.25) is 0 Å². The quantitative estimate of drug-likeness (QED) is 0.716. The van der Waals surface area contributed by atoms with Gasteiger partial charge >= 0.3 is 6.03 Å². The van der Waals surface area contributed by atoms with Crippen LogP contribution in [0.1, 0.15) is 42.5 Å². The number of likely N-dealkylation sites (tertiary alicyclic amines) is 1. The summed E-state index contributed by atoms with van der Waals surface area (Å²) in [6, 6.07) is 7.78. The predicted octanol–water partition coefficient (Wildman–Crippen LogP) is 2.47. The second-order valence-corrected chi connectivity index (χ2v) is 8.61. The van der Waals surface area contributed by atoms with Gasteiger partial charge in [-0.25, -0.2) is 4.79 Å². The number of nitrogens with zero attached hydrogens (tertiary/aromatic N) is 4. The number of hydrogen-bond donors (Lipinski definition) is 0. The molecule has 1 aromatic rings. The third kappa shape index (κ3) is 4.60. The summed E-state index contributed by atoms with van der Waals surface area (Å²) in [7, 11) is 0. The largest absolute Gasteiger partial charge is 0.371 e. The fourth-order valence-corrected chi connectivity index (χ4v) is 4.81. The number of carbonyl (C=O) groups is 3. The summed E-state index contributed by atoms with van der Waals surface area (Å²) in [4.78, 5) is 44.6. The molecule has 3 amide bonds. The number of amides is 3. The van der Waals surface area contributed by atoms with Crippen LogP contribution in [0.25, 0.3) is 0 Å². The topological polar surface area (TPSA) is 64.2 Å². The van der Waals surface area contributed by atoms with E-state index in [4.69, 9.17) is 0 Å². The Morgan fingerprint density at radius 1 is 0.733 bits per heavy atom. The Morgan fingerprint density at radius 3 is 1.90 bits per heavy atom. The first-order chi connectivity index (χ1) is 14.7. The maximum Gasteiger partial charge on any atom is 0.320 e. The molecule has 0 radical (unpaired) electrons. The van der Waals surface area contributed by atoms with Crippen LogP contribution in [-0.4, -0.2) is 85.3 Å². The lowest BCUT2D eigenvalue weighted by atomic mass is 9.94. The van der Waals surface area contributed by atoms with Crippen molar-refractivity contribution in [3.63, 3.8) is 0 Å². The molecule has 0 bridgehead atoms. The van der Waals surface area contributed by atoms with E-state index in [9.17, 15) is 14.4 Å². The van der Waals surface area contributed by atoms with Crippen molar-refractivity contribution in [1.29, 1.82) is 0 Å². The Kier molecular flexibility index (Phi) is 6.55. The molecule has 3 saturated heterocycles. The highest BCUT2D eigenvalue weighted by molar-refractivity contribution is 5.80. The highest BCUT2D eigenvalue weighted by Crippen LogP contribution is 2.25. The molecular weight excluding hydrogens is 380 g/mol. The number of hydrogen-bond acceptors (Lipinski definition) is 4. The van der Waals surface area contributed by atoms with Crippen molar-refractivity contribution >= 4 is 23.9 Å². The monoisotopic (exact) mass is 412 g/mol. The van der Waals surface area contributed by atoms with E-state index < -0.39 is 0 Å². The van der Waals surface area contributed by atoms with Gasteiger partial charge in [-0.2, -0.15) is 0 Å². The molecule has 0 atom stereocenters. The van der Waals surface area contributed by atoms with Crippen LogP contribution in [0.5, 0.6) is 0 Å². The molecule has 0 aromatic heterocycles. The molecule has 0 spiro atoms. The van der Waals surface area contributed by atoms with Gasteiger partial charge in [0.2, 0.25) is 5.91 Å². The van der Waals surface area contributed by atoms with E-state index in [1.54, 1.807) is 0 Å². The van der Waals surface area contributed by atoms with Crippen LogP contribution in [0.4, 0.5) is 10.5 Å². The average molecular weight is 413 g/mol. The van der Waals surface area contributed by atoms with Crippen LogP contribution < -0.4 is 4.90 Å². The minimum atomic E-state index is 0.0693. The third-order valence-corrected chi connectivity index (χ3v) is 6.73. The molecule has 0 aliphatic carbocycles. The van der Waals surface area contributed by atoms with E-state index >= 15 is 0 Å². The molecule has 3 aliphatic heterocycles. The number of benzene rings is 1. The molecule has 7 heteroatoms. The summed E-state index contributed by atoms with van der Waals surface area (Å²) in [5, 5.41) is 0. The molecule has 162 valence electrons. The highest BCUT2D eigenvalue weighted by atomic mass is 16.2. The second kappa shape index (κ2) is 9.49. The van der Waals surface area contributed by atoms with E-state index in [0.717, 1.165) is 63.8 Å². The molecule has 7 nitrogen and oxygen atoms in total. The molecule has 4 rings (SSSR count). The predicted molar refractivity (Wildman–Crippen MR) is 116 cm³/mol. The number of anilines is 1. The number of urea groups is 1. The lowest BCUT2D eigenvalue weighted by molar-refractivity contribution is -0.137. The van der Waals surface area contributed by atoms with E-state index in [1.165, 1.54) is 6.42 Å². The number of rotatable bonds is 3. The van der Waals surface area contributed by atoms with Gasteiger partial charge < -0.3 is 19.6 Å². The zero-order valence-electron chi connectivity index (χ0n) is 17.7. The summed E-state index contributed by atoms with van der Waals surface area (Å²) in [6.45, 7) is 6.01. The second-order valence-electron chi connectivity index (χ2n) is 8.61. The fraction of sp³-hybridized carbons (Fsp3) is 0.609. The molecule has 0 unspecified atom stereocenters. The Labute approximate surface area is 178 Å². The van der Waals surface area contributed by atoms with Crippen molar-refractivity contribution in [3.05, 3.63) is 29.8 Å². The SMILES string of the molecule is O=Cc1ccc(N2CCC(C(=O)N3CCN(C(=O)N4CCCCC4)CC3)CC2)cc1. The Morgan fingerprint density at radius 2 is 1.30 bits per heavy atom.